The molecule has 5 nitrogen and oxygen atoms in total. The lowest BCUT2D eigenvalue weighted by Gasteiger charge is -2.35. The summed E-state index contributed by atoms with van der Waals surface area (Å²) in [4.78, 5) is 17.5. The summed E-state index contributed by atoms with van der Waals surface area (Å²) in [5.74, 6) is 0.142. The van der Waals surface area contributed by atoms with Crippen LogP contribution in [0.25, 0.3) is 10.9 Å². The number of benzene rings is 2. The van der Waals surface area contributed by atoms with Gasteiger partial charge >= 0.3 is 0 Å². The van der Waals surface area contributed by atoms with Crippen molar-refractivity contribution in [3.05, 3.63) is 65.1 Å². The zero-order valence-electron chi connectivity index (χ0n) is 17.7. The van der Waals surface area contributed by atoms with E-state index in [2.05, 4.69) is 16.8 Å². The Morgan fingerprint density at radius 1 is 1.29 bits per heavy atom. The van der Waals surface area contributed by atoms with Crippen LogP contribution >= 0.6 is 12.4 Å². The molecule has 0 fully saturated rings. The molecule has 0 radical (unpaired) electrons. The van der Waals surface area contributed by atoms with E-state index in [1.807, 2.05) is 18.3 Å². The van der Waals surface area contributed by atoms with Crippen molar-refractivity contribution in [3.8, 4) is 5.75 Å². The van der Waals surface area contributed by atoms with Crippen molar-refractivity contribution < 1.29 is 13.9 Å². The number of nitrogens with zero attached hydrogens (tertiary/aromatic N) is 1. The number of primary amides is 1. The van der Waals surface area contributed by atoms with Gasteiger partial charge in [-0.25, -0.2) is 4.39 Å². The van der Waals surface area contributed by atoms with Gasteiger partial charge in [-0.3, -0.25) is 9.69 Å². The molecule has 0 bridgehead atoms. The van der Waals surface area contributed by atoms with Gasteiger partial charge in [0, 0.05) is 34.3 Å². The summed E-state index contributed by atoms with van der Waals surface area (Å²) in [5.41, 5.74) is 9.14. The lowest BCUT2D eigenvalue weighted by Crippen LogP contribution is -2.44. The van der Waals surface area contributed by atoms with Gasteiger partial charge in [-0.1, -0.05) is 13.0 Å². The molecule has 7 heteroatoms. The number of nitrogens with two attached hydrogens (primary N) is 1. The monoisotopic (exact) mass is 445 g/mol. The number of nitrogens with one attached hydrogen (secondary N) is 1. The number of ether oxygens (including phenoxy) is 1. The summed E-state index contributed by atoms with van der Waals surface area (Å²) < 4.78 is 19.6. The average molecular weight is 446 g/mol. The zero-order valence-corrected chi connectivity index (χ0v) is 18.5. The Bertz CT molecular complexity index is 1050. The highest BCUT2D eigenvalue weighted by atomic mass is 35.5. The molecule has 166 valence electrons. The van der Waals surface area contributed by atoms with E-state index in [1.165, 1.54) is 6.07 Å². The topological polar surface area (TPSA) is 71.3 Å². The summed E-state index contributed by atoms with van der Waals surface area (Å²) in [6.45, 7) is 4.65. The highest BCUT2D eigenvalue weighted by Gasteiger charge is 2.27. The van der Waals surface area contributed by atoms with Gasteiger partial charge in [0.2, 0.25) is 5.91 Å². The van der Waals surface area contributed by atoms with E-state index in [9.17, 15) is 9.18 Å². The Morgan fingerprint density at radius 2 is 2.13 bits per heavy atom. The van der Waals surface area contributed by atoms with Crippen molar-refractivity contribution in [2.75, 3.05) is 19.7 Å². The fourth-order valence-electron chi connectivity index (χ4n) is 4.45. The van der Waals surface area contributed by atoms with Crippen molar-refractivity contribution in [1.29, 1.82) is 0 Å². The van der Waals surface area contributed by atoms with Crippen molar-refractivity contribution in [2.45, 2.75) is 38.6 Å². The maximum Gasteiger partial charge on any atom is 0.249 e. The van der Waals surface area contributed by atoms with Crippen LogP contribution in [-0.2, 0) is 12.8 Å². The van der Waals surface area contributed by atoms with E-state index in [-0.39, 0.29) is 24.3 Å². The van der Waals surface area contributed by atoms with Gasteiger partial charge in [-0.15, -0.1) is 12.4 Å². The first-order chi connectivity index (χ1) is 14.6. The van der Waals surface area contributed by atoms with E-state index in [4.69, 9.17) is 10.5 Å². The maximum absolute atomic E-state index is 13.6. The first-order valence-corrected chi connectivity index (χ1v) is 10.6. The van der Waals surface area contributed by atoms with Gasteiger partial charge in [0.1, 0.15) is 18.2 Å². The van der Waals surface area contributed by atoms with Crippen LogP contribution in [-0.4, -0.2) is 41.5 Å². The van der Waals surface area contributed by atoms with Crippen LogP contribution in [0.5, 0.6) is 5.75 Å². The third-order valence-corrected chi connectivity index (χ3v) is 5.92. The number of carbonyl (C=O) groups excluding carboxylic acids is 1. The van der Waals surface area contributed by atoms with Crippen LogP contribution in [0.3, 0.4) is 0 Å². The Balaban J connectivity index is 0.00000272. The standard InChI is InChI=1S/C24H28FN3O2.ClH/c1-2-10-28(11-4-5-16-14-27-22-9-8-17(25)12-20(16)22)18-13-21-19(24(26)29)6-3-7-23(21)30-15-18;/h3,6-9,12,14,18,27H,2,4-5,10-11,13,15H2,1H3,(H2,26,29);1H. The normalized spacial score (nSPS) is 15.4. The zero-order chi connectivity index (χ0) is 21.1. The van der Waals surface area contributed by atoms with Crippen LogP contribution in [0.1, 0.15) is 41.3 Å². The van der Waals surface area contributed by atoms with Crippen LogP contribution in [0.2, 0.25) is 0 Å². The first-order valence-electron chi connectivity index (χ1n) is 10.6. The number of aryl methyl sites for hydroxylation is 1. The van der Waals surface area contributed by atoms with Crippen molar-refractivity contribution >= 4 is 29.2 Å². The van der Waals surface area contributed by atoms with Crippen LogP contribution in [0.15, 0.2) is 42.6 Å². The van der Waals surface area contributed by atoms with E-state index in [1.54, 1.807) is 18.2 Å². The summed E-state index contributed by atoms with van der Waals surface area (Å²) in [6, 6.07) is 10.6. The van der Waals surface area contributed by atoms with Gasteiger partial charge in [0.25, 0.3) is 0 Å². The molecule has 1 aliphatic heterocycles. The number of carbonyl (C=O) groups is 1. The molecular formula is C24H29ClFN3O2. The number of aromatic nitrogens is 1. The van der Waals surface area contributed by atoms with Gasteiger partial charge in [-0.2, -0.15) is 0 Å². The Labute approximate surface area is 188 Å². The third kappa shape index (κ3) is 5.02. The highest BCUT2D eigenvalue weighted by molar-refractivity contribution is 5.95. The number of rotatable bonds is 8. The minimum absolute atomic E-state index is 0. The Kier molecular flexibility index (Phi) is 7.57. The van der Waals surface area contributed by atoms with E-state index in [0.29, 0.717) is 12.2 Å². The maximum atomic E-state index is 13.6. The minimum Gasteiger partial charge on any atom is -0.492 e. The third-order valence-electron chi connectivity index (χ3n) is 5.92. The smallest absolute Gasteiger partial charge is 0.249 e. The molecule has 0 saturated carbocycles. The molecule has 4 rings (SSSR count). The second kappa shape index (κ2) is 10.2. The lowest BCUT2D eigenvalue weighted by atomic mass is 9.95. The Morgan fingerprint density at radius 3 is 2.90 bits per heavy atom. The van der Waals surface area contributed by atoms with Gasteiger partial charge < -0.3 is 15.5 Å². The summed E-state index contributed by atoms with van der Waals surface area (Å²) >= 11 is 0. The molecule has 0 spiro atoms. The lowest BCUT2D eigenvalue weighted by molar-refractivity contribution is 0.0987. The molecule has 3 aromatic rings. The molecule has 1 aromatic heterocycles. The van der Waals surface area contributed by atoms with E-state index in [0.717, 1.165) is 66.6 Å². The number of aromatic amines is 1. The quantitative estimate of drug-likeness (QED) is 0.537. The van der Waals surface area contributed by atoms with Crippen molar-refractivity contribution in [3.63, 3.8) is 0 Å². The molecule has 1 amide bonds. The van der Waals surface area contributed by atoms with Crippen molar-refractivity contribution in [1.82, 2.24) is 9.88 Å². The van der Waals surface area contributed by atoms with E-state index >= 15 is 0 Å². The number of hydrogen-bond donors (Lipinski definition) is 2. The number of fused-ring (bicyclic) bond motifs is 2. The molecular weight excluding hydrogens is 417 g/mol. The Hall–Kier alpha value is -2.57. The molecule has 3 N–H and O–H groups in total. The predicted octanol–water partition coefficient (Wildman–Crippen LogP) is 4.48. The average Bonchev–Trinajstić information content (AvgIpc) is 3.14. The largest absolute Gasteiger partial charge is 0.492 e. The summed E-state index contributed by atoms with van der Waals surface area (Å²) in [5, 5.41) is 0.957. The first kappa shape index (κ1) is 23.1. The second-order valence-electron chi connectivity index (χ2n) is 7.96. The van der Waals surface area contributed by atoms with Crippen LogP contribution < -0.4 is 10.5 Å². The van der Waals surface area contributed by atoms with E-state index < -0.39 is 5.91 Å². The summed E-state index contributed by atoms with van der Waals surface area (Å²) in [7, 11) is 0. The number of hydrogen-bond acceptors (Lipinski definition) is 3. The number of H-pyrrole nitrogens is 1. The fourth-order valence-corrected chi connectivity index (χ4v) is 4.45. The molecule has 31 heavy (non-hydrogen) atoms. The molecule has 2 heterocycles. The molecule has 1 atom stereocenters. The van der Waals surface area contributed by atoms with Gasteiger partial charge in [0.15, 0.2) is 0 Å². The van der Waals surface area contributed by atoms with Crippen LogP contribution in [0.4, 0.5) is 4.39 Å². The van der Waals surface area contributed by atoms with Gasteiger partial charge in [-0.05, 0) is 74.7 Å². The molecule has 2 aromatic carbocycles. The summed E-state index contributed by atoms with van der Waals surface area (Å²) in [6.07, 6.45) is 5.61. The van der Waals surface area contributed by atoms with Crippen molar-refractivity contribution in [2.24, 2.45) is 5.73 Å². The molecule has 0 aliphatic carbocycles. The fraction of sp³-hybridized carbons (Fsp3) is 0.375. The molecule has 1 unspecified atom stereocenters. The molecule has 0 saturated heterocycles. The second-order valence-corrected chi connectivity index (χ2v) is 7.96. The van der Waals surface area contributed by atoms with Gasteiger partial charge in [0.05, 0.1) is 0 Å². The minimum atomic E-state index is -0.412. The predicted molar refractivity (Wildman–Crippen MR) is 124 cm³/mol. The highest BCUT2D eigenvalue weighted by Crippen LogP contribution is 2.30. The number of amides is 1. The molecule has 1 aliphatic rings. The number of halogens is 2. The van der Waals surface area contributed by atoms with Crippen LogP contribution in [0, 0.1) is 5.82 Å². The SMILES string of the molecule is CCCN(CCCc1c[nH]c2ccc(F)cc12)C1COc2cccc(C(N)=O)c2C1.Cl.